The van der Waals surface area contributed by atoms with Crippen LogP contribution < -0.4 is 10.3 Å². The number of hydrogen-bond acceptors (Lipinski definition) is 3. The minimum absolute atomic E-state index is 0. The van der Waals surface area contributed by atoms with Crippen LogP contribution in [0.2, 0.25) is 0 Å². The molecule has 0 N–H and O–H groups in total. The molecule has 25 heavy (non-hydrogen) atoms. The van der Waals surface area contributed by atoms with E-state index in [9.17, 15) is 4.79 Å². The molecule has 0 aliphatic heterocycles. The van der Waals surface area contributed by atoms with Gasteiger partial charge in [0.1, 0.15) is 5.69 Å². The second-order valence-corrected chi connectivity index (χ2v) is 5.70. The summed E-state index contributed by atoms with van der Waals surface area (Å²) in [5.41, 5.74) is 3.25. The summed E-state index contributed by atoms with van der Waals surface area (Å²) in [7, 11) is 3.29. The maximum atomic E-state index is 12.6. The van der Waals surface area contributed by atoms with Crippen molar-refractivity contribution in [1.29, 1.82) is 0 Å². The summed E-state index contributed by atoms with van der Waals surface area (Å²) >= 11 is 0. The minimum atomic E-state index is -0.131. The second-order valence-electron chi connectivity index (χ2n) is 5.70. The number of aryl methyl sites for hydroxylation is 2. The molecule has 0 aliphatic carbocycles. The van der Waals surface area contributed by atoms with Crippen molar-refractivity contribution in [3.05, 3.63) is 53.3 Å². The summed E-state index contributed by atoms with van der Waals surface area (Å²) in [6.07, 6.45) is 0.774. The van der Waals surface area contributed by atoms with Gasteiger partial charge in [0.05, 0.1) is 12.7 Å². The maximum absolute atomic E-state index is 12.6. The first-order valence-corrected chi connectivity index (χ1v) is 8.15. The number of nitrogens with zero attached hydrogens (tertiary/aromatic N) is 2. The second kappa shape index (κ2) is 12.4. The molecule has 2 aromatic rings. The van der Waals surface area contributed by atoms with Crippen LogP contribution in [0.25, 0.3) is 11.1 Å². The molecule has 0 spiro atoms. The molecule has 1 radical (unpaired) electrons. The Balaban J connectivity index is 0. The van der Waals surface area contributed by atoms with E-state index in [-0.39, 0.29) is 45.7 Å². The van der Waals surface area contributed by atoms with Gasteiger partial charge in [0.15, 0.2) is 5.75 Å². The maximum Gasteiger partial charge on any atom is 0.278 e. The molecule has 0 bridgehead atoms. The first kappa shape index (κ1) is 26.2. The third-order valence-corrected chi connectivity index (χ3v) is 3.49. The van der Waals surface area contributed by atoms with Crippen LogP contribution in [0.5, 0.6) is 5.75 Å². The molecule has 0 saturated carbocycles. The van der Waals surface area contributed by atoms with E-state index < -0.39 is 0 Å². The van der Waals surface area contributed by atoms with E-state index in [4.69, 9.17) is 4.74 Å². The predicted molar refractivity (Wildman–Crippen MR) is 103 cm³/mol. The molecule has 0 fully saturated rings. The Morgan fingerprint density at radius 2 is 1.76 bits per heavy atom. The molecule has 0 saturated heterocycles. The molecule has 0 amide bonds. The number of aromatic nitrogens is 2. The quantitative estimate of drug-likeness (QED) is 0.687. The van der Waals surface area contributed by atoms with Gasteiger partial charge in [-0.15, -0.1) is 0 Å². The average molecular weight is 420 g/mol. The number of rotatable bonds is 4. The first-order chi connectivity index (χ1) is 11.0. The van der Waals surface area contributed by atoms with E-state index >= 15 is 0 Å². The molecular formula is C20H31N2O2Y-. The molecule has 2 rings (SSSR count). The Hall–Kier alpha value is -0.996. The van der Waals surface area contributed by atoms with Crippen LogP contribution in [0.3, 0.4) is 0 Å². The first-order valence-electron chi connectivity index (χ1n) is 8.15. The van der Waals surface area contributed by atoms with E-state index in [1.54, 1.807) is 14.2 Å². The number of hydrogen-bond donors (Lipinski definition) is 0. The van der Waals surface area contributed by atoms with Crippen molar-refractivity contribution < 1.29 is 37.4 Å². The predicted octanol–water partition coefficient (Wildman–Crippen LogP) is 4.44. The van der Waals surface area contributed by atoms with Crippen molar-refractivity contribution in [2.24, 2.45) is 13.0 Å². The van der Waals surface area contributed by atoms with Crippen LogP contribution in [0, 0.1) is 20.3 Å². The smallest absolute Gasteiger partial charge is 0.278 e. The molecule has 1 aromatic heterocycles. The summed E-state index contributed by atoms with van der Waals surface area (Å²) in [6, 6.07) is 7.85. The fourth-order valence-corrected chi connectivity index (χ4v) is 2.51. The van der Waals surface area contributed by atoms with Gasteiger partial charge in [-0.2, -0.15) is 5.10 Å². The van der Waals surface area contributed by atoms with Crippen LogP contribution in [-0.2, 0) is 46.2 Å². The Labute approximate surface area is 177 Å². The molecule has 0 aliphatic rings. The van der Waals surface area contributed by atoms with E-state index in [1.807, 2.05) is 45.0 Å². The molecular weight excluding hydrogens is 389 g/mol. The van der Waals surface area contributed by atoms with Gasteiger partial charge in [-0.05, 0) is 30.4 Å². The fraction of sp³-hybridized carbons (Fsp3) is 0.450. The Bertz CT molecular complexity index is 709. The van der Waals surface area contributed by atoms with Crippen molar-refractivity contribution in [3.8, 4) is 16.9 Å². The average Bonchev–Trinajstić information content (AvgIpc) is 2.53. The van der Waals surface area contributed by atoms with Gasteiger partial charge in [0.25, 0.3) is 5.56 Å². The number of methoxy groups -OCH3 is 1. The summed E-state index contributed by atoms with van der Waals surface area (Å²) in [4.78, 5) is 12.6. The summed E-state index contributed by atoms with van der Waals surface area (Å²) in [5.74, 6) is 1.04. The van der Waals surface area contributed by atoms with Gasteiger partial charge in [-0.25, -0.2) is 4.68 Å². The van der Waals surface area contributed by atoms with Crippen LogP contribution in [0.4, 0.5) is 0 Å². The zero-order valence-corrected chi connectivity index (χ0v) is 19.7. The van der Waals surface area contributed by atoms with Gasteiger partial charge < -0.3 is 12.2 Å². The van der Waals surface area contributed by atoms with Gasteiger partial charge >= 0.3 is 0 Å². The Kier molecular flexibility index (Phi) is 13.0. The number of benzene rings is 1. The summed E-state index contributed by atoms with van der Waals surface area (Å²) in [6.45, 7) is 10.2. The number of ether oxygens (including phenoxy) is 1. The van der Waals surface area contributed by atoms with Crippen LogP contribution in [0.15, 0.2) is 29.1 Å². The van der Waals surface area contributed by atoms with Gasteiger partial charge in [0, 0.05) is 39.8 Å². The normalized spacial score (nSPS) is 9.44. The zero-order chi connectivity index (χ0) is 17.6. The van der Waals surface area contributed by atoms with Crippen molar-refractivity contribution in [1.82, 2.24) is 9.78 Å². The molecule has 4 nitrogen and oxygen atoms in total. The van der Waals surface area contributed by atoms with Crippen LogP contribution in [0.1, 0.15) is 39.0 Å². The van der Waals surface area contributed by atoms with Crippen LogP contribution in [-0.4, -0.2) is 16.9 Å². The van der Waals surface area contributed by atoms with Gasteiger partial charge in [-0.1, -0.05) is 52.0 Å². The Morgan fingerprint density at radius 3 is 2.24 bits per heavy atom. The van der Waals surface area contributed by atoms with E-state index in [0.717, 1.165) is 23.2 Å². The third-order valence-electron chi connectivity index (χ3n) is 3.49. The van der Waals surface area contributed by atoms with Gasteiger partial charge in [-0.3, -0.25) is 4.79 Å². The van der Waals surface area contributed by atoms with Crippen molar-refractivity contribution in [2.45, 2.75) is 41.0 Å². The third kappa shape index (κ3) is 6.34. The summed E-state index contributed by atoms with van der Waals surface area (Å²) in [5, 5.41) is 4.38. The molecule has 0 atom stereocenters. The van der Waals surface area contributed by atoms with Crippen molar-refractivity contribution in [3.63, 3.8) is 0 Å². The molecule has 1 heterocycles. The zero-order valence-electron chi connectivity index (χ0n) is 16.9. The largest absolute Gasteiger partial charge is 0.494 e. The van der Waals surface area contributed by atoms with Crippen molar-refractivity contribution in [2.75, 3.05) is 7.11 Å². The van der Waals surface area contributed by atoms with Crippen LogP contribution >= 0.6 is 0 Å². The molecule has 1 aromatic carbocycles. The van der Waals surface area contributed by atoms with E-state index in [1.165, 1.54) is 4.68 Å². The monoisotopic (exact) mass is 420 g/mol. The SMILES string of the molecule is CC.COc1c(CC(C)C)nn(C)c(=O)c1-c1ccccc1C.[CH3-].[Y]. The molecule has 137 valence electrons. The molecule has 5 heteroatoms. The fourth-order valence-electron chi connectivity index (χ4n) is 2.51. The van der Waals surface area contributed by atoms with E-state index in [0.29, 0.717) is 17.2 Å². The summed E-state index contributed by atoms with van der Waals surface area (Å²) < 4.78 is 6.95. The standard InChI is InChI=1S/C17H22N2O2.C2H6.CH3.Y/c1-11(2)10-14-16(21-5)15(17(20)19(4)18-14)13-9-7-6-8-12(13)3;1-2;;/h6-9,11H,10H2,1-5H3;1-2H3;1H3;/q;;-1;. The Morgan fingerprint density at radius 1 is 1.20 bits per heavy atom. The molecule has 0 unspecified atom stereocenters. The topological polar surface area (TPSA) is 44.1 Å². The minimum Gasteiger partial charge on any atom is -0.494 e. The van der Waals surface area contributed by atoms with E-state index in [2.05, 4.69) is 18.9 Å². The van der Waals surface area contributed by atoms with Crippen molar-refractivity contribution >= 4 is 0 Å². The van der Waals surface area contributed by atoms with Gasteiger partial charge in [0.2, 0.25) is 0 Å².